The van der Waals surface area contributed by atoms with Crippen LogP contribution in [0.2, 0.25) is 5.02 Å². The van der Waals surface area contributed by atoms with Gasteiger partial charge in [-0.3, -0.25) is 4.79 Å². The summed E-state index contributed by atoms with van der Waals surface area (Å²) in [4.78, 5) is 22.6. The second-order valence-corrected chi connectivity index (χ2v) is 4.67. The third kappa shape index (κ3) is 4.22. The number of para-hydroxylation sites is 1. The summed E-state index contributed by atoms with van der Waals surface area (Å²) in [5.74, 6) is -1.34. The van der Waals surface area contributed by atoms with Crippen LogP contribution in [0.4, 0.5) is 11.4 Å². The minimum absolute atomic E-state index is 0.0698. The van der Waals surface area contributed by atoms with Crippen molar-refractivity contribution in [3.05, 3.63) is 59.1 Å². The van der Waals surface area contributed by atoms with E-state index >= 15 is 0 Å². The average molecular weight is 305 g/mol. The largest absolute Gasteiger partial charge is 0.478 e. The van der Waals surface area contributed by atoms with Crippen molar-refractivity contribution in [1.82, 2.24) is 0 Å². The monoisotopic (exact) mass is 304 g/mol. The van der Waals surface area contributed by atoms with Crippen molar-refractivity contribution in [3.8, 4) is 0 Å². The van der Waals surface area contributed by atoms with Gasteiger partial charge in [-0.15, -0.1) is 0 Å². The van der Waals surface area contributed by atoms with Crippen molar-refractivity contribution in [2.24, 2.45) is 0 Å². The van der Waals surface area contributed by atoms with Gasteiger partial charge in [0.1, 0.15) is 0 Å². The van der Waals surface area contributed by atoms with Gasteiger partial charge in [0.05, 0.1) is 22.8 Å². The third-order valence-corrected chi connectivity index (χ3v) is 3.03. The molecule has 0 aliphatic heterocycles. The lowest BCUT2D eigenvalue weighted by Crippen LogP contribution is -2.21. The molecule has 0 atom stereocenters. The van der Waals surface area contributed by atoms with Gasteiger partial charge < -0.3 is 15.7 Å². The van der Waals surface area contributed by atoms with E-state index in [1.54, 1.807) is 0 Å². The number of hydrogen-bond donors (Lipinski definition) is 3. The molecule has 2 aromatic carbocycles. The summed E-state index contributed by atoms with van der Waals surface area (Å²) in [5.41, 5.74) is 1.28. The highest BCUT2D eigenvalue weighted by Gasteiger charge is 2.09. The van der Waals surface area contributed by atoms with Crippen LogP contribution in [0.3, 0.4) is 0 Å². The van der Waals surface area contributed by atoms with Crippen LogP contribution < -0.4 is 10.6 Å². The number of amides is 1. The number of carbonyl (C=O) groups excluding carboxylic acids is 1. The molecule has 0 unspecified atom stereocenters. The second kappa shape index (κ2) is 6.76. The molecule has 5 nitrogen and oxygen atoms in total. The Morgan fingerprint density at radius 3 is 2.43 bits per heavy atom. The number of nitrogens with one attached hydrogen (secondary N) is 2. The Labute approximate surface area is 126 Å². The van der Waals surface area contributed by atoms with Crippen LogP contribution in [0.1, 0.15) is 10.4 Å². The topological polar surface area (TPSA) is 78.4 Å². The predicted molar refractivity (Wildman–Crippen MR) is 82.0 cm³/mol. The van der Waals surface area contributed by atoms with E-state index in [2.05, 4.69) is 10.6 Å². The minimum Gasteiger partial charge on any atom is -0.478 e. The van der Waals surface area contributed by atoms with Gasteiger partial charge in [0.15, 0.2) is 0 Å². The maximum absolute atomic E-state index is 11.8. The maximum atomic E-state index is 11.8. The average Bonchev–Trinajstić information content (AvgIpc) is 2.48. The van der Waals surface area contributed by atoms with Crippen LogP contribution in [0.5, 0.6) is 0 Å². The lowest BCUT2D eigenvalue weighted by atomic mass is 10.2. The fourth-order valence-corrected chi connectivity index (χ4v) is 1.91. The number of hydrogen-bond acceptors (Lipinski definition) is 3. The van der Waals surface area contributed by atoms with Crippen molar-refractivity contribution in [2.45, 2.75) is 0 Å². The molecule has 1 amide bonds. The molecule has 0 bridgehead atoms. The number of carboxylic acid groups (broad SMARTS) is 1. The zero-order valence-electron chi connectivity index (χ0n) is 11.0. The van der Waals surface area contributed by atoms with Gasteiger partial charge in [-0.25, -0.2) is 4.79 Å². The first kappa shape index (κ1) is 14.9. The fraction of sp³-hybridized carbons (Fsp3) is 0.0667. The highest BCUT2D eigenvalue weighted by molar-refractivity contribution is 6.34. The summed E-state index contributed by atoms with van der Waals surface area (Å²) < 4.78 is 0. The number of halogens is 1. The molecule has 6 heteroatoms. The van der Waals surface area contributed by atoms with Crippen LogP contribution >= 0.6 is 11.6 Å². The molecular weight excluding hydrogens is 292 g/mol. The first-order chi connectivity index (χ1) is 10.1. The summed E-state index contributed by atoms with van der Waals surface area (Å²) in [6.45, 7) is 0.0843. The van der Waals surface area contributed by atoms with Crippen LogP contribution in [0.15, 0.2) is 48.5 Å². The molecule has 0 fully saturated rings. The van der Waals surface area contributed by atoms with E-state index in [-0.39, 0.29) is 23.0 Å². The number of rotatable bonds is 5. The summed E-state index contributed by atoms with van der Waals surface area (Å²) in [7, 11) is 0. The third-order valence-electron chi connectivity index (χ3n) is 2.72. The lowest BCUT2D eigenvalue weighted by Gasteiger charge is -2.09. The fourth-order valence-electron chi connectivity index (χ4n) is 1.68. The Balaban J connectivity index is 1.95. The second-order valence-electron chi connectivity index (χ2n) is 4.27. The molecule has 2 rings (SSSR count). The number of carboxylic acids is 1. The van der Waals surface area contributed by atoms with E-state index < -0.39 is 5.97 Å². The lowest BCUT2D eigenvalue weighted by molar-refractivity contribution is -0.114. The van der Waals surface area contributed by atoms with Gasteiger partial charge in [-0.1, -0.05) is 29.8 Å². The molecule has 0 aliphatic carbocycles. The summed E-state index contributed by atoms with van der Waals surface area (Å²) >= 11 is 5.94. The number of carbonyl (C=O) groups is 2. The first-order valence-electron chi connectivity index (χ1n) is 6.18. The van der Waals surface area contributed by atoms with E-state index in [1.807, 2.05) is 30.3 Å². The van der Waals surface area contributed by atoms with Crippen molar-refractivity contribution < 1.29 is 14.7 Å². The van der Waals surface area contributed by atoms with E-state index in [0.29, 0.717) is 5.69 Å². The standard InChI is InChI=1S/C15H13ClN2O3/c16-12-8-10(15(20)21)6-7-13(12)18-14(19)9-17-11-4-2-1-3-5-11/h1-8,17H,9H2,(H,18,19)(H,20,21). The van der Waals surface area contributed by atoms with E-state index in [4.69, 9.17) is 16.7 Å². The van der Waals surface area contributed by atoms with E-state index in [0.717, 1.165) is 5.69 Å². The molecule has 0 aliphatic rings. The van der Waals surface area contributed by atoms with Crippen molar-refractivity contribution in [3.63, 3.8) is 0 Å². The molecule has 0 spiro atoms. The van der Waals surface area contributed by atoms with Gasteiger partial charge in [0.2, 0.25) is 5.91 Å². The molecule has 21 heavy (non-hydrogen) atoms. The molecule has 3 N–H and O–H groups in total. The molecular formula is C15H13ClN2O3. The Morgan fingerprint density at radius 2 is 1.81 bits per heavy atom. The number of anilines is 2. The van der Waals surface area contributed by atoms with E-state index in [9.17, 15) is 9.59 Å². The van der Waals surface area contributed by atoms with Gasteiger partial charge in [-0.05, 0) is 30.3 Å². The zero-order chi connectivity index (χ0) is 15.2. The van der Waals surface area contributed by atoms with Crippen LogP contribution in [0.25, 0.3) is 0 Å². The molecule has 0 aromatic heterocycles. The quantitative estimate of drug-likeness (QED) is 0.793. The van der Waals surface area contributed by atoms with Gasteiger partial charge in [0, 0.05) is 5.69 Å². The normalized spacial score (nSPS) is 9.95. The Bertz CT molecular complexity index is 659. The maximum Gasteiger partial charge on any atom is 0.335 e. The van der Waals surface area contributed by atoms with E-state index in [1.165, 1.54) is 18.2 Å². The first-order valence-corrected chi connectivity index (χ1v) is 6.55. The van der Waals surface area contributed by atoms with Gasteiger partial charge in [0.25, 0.3) is 0 Å². The van der Waals surface area contributed by atoms with Crippen LogP contribution in [0, 0.1) is 0 Å². The summed E-state index contributed by atoms with van der Waals surface area (Å²) in [5, 5.41) is 14.6. The summed E-state index contributed by atoms with van der Waals surface area (Å²) in [6.07, 6.45) is 0. The molecule has 0 saturated heterocycles. The Morgan fingerprint density at radius 1 is 1.10 bits per heavy atom. The Hall–Kier alpha value is -2.53. The molecule has 108 valence electrons. The van der Waals surface area contributed by atoms with Gasteiger partial charge >= 0.3 is 5.97 Å². The van der Waals surface area contributed by atoms with Crippen LogP contribution in [-0.2, 0) is 4.79 Å². The molecule has 0 heterocycles. The predicted octanol–water partition coefficient (Wildman–Crippen LogP) is 3.09. The molecule has 0 saturated carbocycles. The Kier molecular flexibility index (Phi) is 4.79. The highest BCUT2D eigenvalue weighted by Crippen LogP contribution is 2.23. The van der Waals surface area contributed by atoms with Crippen LogP contribution in [-0.4, -0.2) is 23.5 Å². The molecule has 2 aromatic rings. The van der Waals surface area contributed by atoms with Crippen molar-refractivity contribution >= 4 is 34.9 Å². The van der Waals surface area contributed by atoms with Crippen molar-refractivity contribution in [1.29, 1.82) is 0 Å². The van der Waals surface area contributed by atoms with Crippen molar-refractivity contribution in [2.75, 3.05) is 17.2 Å². The minimum atomic E-state index is -1.07. The molecule has 0 radical (unpaired) electrons. The zero-order valence-corrected chi connectivity index (χ0v) is 11.7. The number of aromatic carboxylic acids is 1. The smallest absolute Gasteiger partial charge is 0.335 e. The SMILES string of the molecule is O=C(CNc1ccccc1)Nc1ccc(C(=O)O)cc1Cl. The highest BCUT2D eigenvalue weighted by atomic mass is 35.5. The number of benzene rings is 2. The van der Waals surface area contributed by atoms with Gasteiger partial charge in [-0.2, -0.15) is 0 Å². The summed E-state index contributed by atoms with van der Waals surface area (Å²) in [6, 6.07) is 13.5.